The van der Waals surface area contributed by atoms with Crippen LogP contribution in [0.3, 0.4) is 0 Å². The Morgan fingerprint density at radius 1 is 0.765 bits per heavy atom. The lowest BCUT2D eigenvalue weighted by molar-refractivity contribution is -0.386. The Kier molecular flexibility index (Phi) is 8.17. The molecule has 174 valence electrons. The summed E-state index contributed by atoms with van der Waals surface area (Å²) in [6.45, 7) is 0.704. The van der Waals surface area contributed by atoms with E-state index in [0.29, 0.717) is 12.5 Å². The first-order chi connectivity index (χ1) is 16.4. The second kappa shape index (κ2) is 11.7. The van der Waals surface area contributed by atoms with Crippen molar-refractivity contribution in [1.29, 1.82) is 0 Å². The molecule has 0 unspecified atom stereocenters. The quantitative estimate of drug-likeness (QED) is 0.281. The largest absolute Gasteiger partial charge is 0.474 e. The highest BCUT2D eigenvalue weighted by Crippen LogP contribution is 2.10. The van der Waals surface area contributed by atoms with Crippen LogP contribution in [0.15, 0.2) is 94.8 Å². The third-order valence-corrected chi connectivity index (χ3v) is 4.45. The maximum atomic E-state index is 11.4. The molecular weight excluding hydrogens is 440 g/mol. The summed E-state index contributed by atoms with van der Waals surface area (Å²) in [5, 5.41) is 10.5. The molecule has 0 aliphatic rings. The summed E-state index contributed by atoms with van der Waals surface area (Å²) in [6, 6.07) is 21.5. The molecule has 0 radical (unpaired) electrons. The minimum atomic E-state index is -0.736. The Balaban J connectivity index is 0.000000192. The van der Waals surface area contributed by atoms with Crippen LogP contribution >= 0.6 is 0 Å². The molecule has 10 heteroatoms. The van der Waals surface area contributed by atoms with Gasteiger partial charge in [0, 0.05) is 12.3 Å². The van der Waals surface area contributed by atoms with Crippen molar-refractivity contribution in [1.82, 2.24) is 9.97 Å². The fraction of sp³-hybridized carbons (Fsp3) is 0.0833. The SMILES string of the molecule is Nc1c[nH]c(OCc2ccccc2)cc1=O.O=c1cc(OCc2ccccc2)[nH]cc1[N+](=O)[O-]. The number of aromatic amines is 2. The topological polar surface area (TPSA) is 153 Å². The van der Waals surface area contributed by atoms with Crippen LogP contribution in [0.4, 0.5) is 11.4 Å². The van der Waals surface area contributed by atoms with Crippen molar-refractivity contribution in [2.75, 3.05) is 5.73 Å². The summed E-state index contributed by atoms with van der Waals surface area (Å²) in [5.74, 6) is 0.623. The molecule has 4 N–H and O–H groups in total. The maximum Gasteiger partial charge on any atom is 0.332 e. The Hall–Kier alpha value is -4.86. The van der Waals surface area contributed by atoms with E-state index < -0.39 is 16.0 Å². The molecule has 0 bridgehead atoms. The lowest BCUT2D eigenvalue weighted by atomic mass is 10.2. The van der Waals surface area contributed by atoms with Gasteiger partial charge in [0.2, 0.25) is 5.43 Å². The van der Waals surface area contributed by atoms with Gasteiger partial charge in [0.05, 0.1) is 22.9 Å². The van der Waals surface area contributed by atoms with Gasteiger partial charge in [0.25, 0.3) is 5.43 Å². The monoisotopic (exact) mass is 462 g/mol. The second-order valence-electron chi connectivity index (χ2n) is 6.97. The number of nitrogens with two attached hydrogens (primary N) is 1. The minimum absolute atomic E-state index is 0.187. The number of H-pyrrole nitrogens is 2. The van der Waals surface area contributed by atoms with Gasteiger partial charge in [0.15, 0.2) is 11.8 Å². The summed E-state index contributed by atoms with van der Waals surface area (Å²) >= 11 is 0. The lowest BCUT2D eigenvalue weighted by Crippen LogP contribution is -2.09. The molecule has 0 spiro atoms. The van der Waals surface area contributed by atoms with Crippen LogP contribution < -0.4 is 26.1 Å². The van der Waals surface area contributed by atoms with E-state index in [9.17, 15) is 19.7 Å². The molecule has 2 heterocycles. The molecule has 34 heavy (non-hydrogen) atoms. The van der Waals surface area contributed by atoms with Gasteiger partial charge in [0.1, 0.15) is 13.2 Å². The molecule has 0 saturated carbocycles. The molecule has 4 aromatic rings. The van der Waals surface area contributed by atoms with Crippen molar-refractivity contribution in [2.24, 2.45) is 0 Å². The summed E-state index contributed by atoms with van der Waals surface area (Å²) in [6.07, 6.45) is 2.46. The van der Waals surface area contributed by atoms with E-state index in [1.54, 1.807) is 0 Å². The highest BCUT2D eigenvalue weighted by Gasteiger charge is 2.12. The number of hydrogen-bond donors (Lipinski definition) is 3. The van der Waals surface area contributed by atoms with Crippen molar-refractivity contribution < 1.29 is 14.4 Å². The molecule has 10 nitrogen and oxygen atoms in total. The fourth-order valence-corrected chi connectivity index (χ4v) is 2.69. The number of anilines is 1. The van der Waals surface area contributed by atoms with E-state index in [0.717, 1.165) is 23.4 Å². The van der Waals surface area contributed by atoms with E-state index in [4.69, 9.17) is 15.2 Å². The number of nitrogens with zero attached hydrogens (tertiary/aromatic N) is 1. The highest BCUT2D eigenvalue weighted by atomic mass is 16.6. The summed E-state index contributed by atoms with van der Waals surface area (Å²) < 4.78 is 10.7. The van der Waals surface area contributed by atoms with Crippen molar-refractivity contribution in [3.8, 4) is 11.8 Å². The van der Waals surface area contributed by atoms with Crippen LogP contribution in [0, 0.1) is 10.1 Å². The van der Waals surface area contributed by atoms with Crippen LogP contribution in [0.1, 0.15) is 11.1 Å². The van der Waals surface area contributed by atoms with Gasteiger partial charge in [-0.15, -0.1) is 0 Å². The lowest BCUT2D eigenvalue weighted by Gasteiger charge is -2.05. The first kappa shape index (κ1) is 23.8. The predicted octanol–water partition coefficient (Wildman–Crippen LogP) is 3.40. The fourth-order valence-electron chi connectivity index (χ4n) is 2.69. The van der Waals surface area contributed by atoms with Crippen LogP contribution in [0.25, 0.3) is 0 Å². The zero-order valence-corrected chi connectivity index (χ0v) is 18.0. The Bertz CT molecular complexity index is 1340. The van der Waals surface area contributed by atoms with E-state index in [1.165, 1.54) is 12.3 Å². The number of pyridine rings is 2. The maximum absolute atomic E-state index is 11.4. The van der Waals surface area contributed by atoms with E-state index >= 15 is 0 Å². The average molecular weight is 462 g/mol. The molecule has 0 saturated heterocycles. The molecule has 0 atom stereocenters. The zero-order valence-electron chi connectivity index (χ0n) is 18.0. The zero-order chi connectivity index (χ0) is 24.3. The first-order valence-corrected chi connectivity index (χ1v) is 10.1. The summed E-state index contributed by atoms with van der Waals surface area (Å²) in [5.41, 5.74) is 6.16. The number of nitrogen functional groups attached to an aromatic ring is 1. The molecule has 2 aromatic carbocycles. The molecule has 0 fully saturated rings. The van der Waals surface area contributed by atoms with E-state index in [2.05, 4.69) is 9.97 Å². The number of nitrogens with one attached hydrogen (secondary N) is 2. The summed E-state index contributed by atoms with van der Waals surface area (Å²) in [4.78, 5) is 37.7. The molecule has 0 amide bonds. The third-order valence-electron chi connectivity index (χ3n) is 4.45. The van der Waals surface area contributed by atoms with Gasteiger partial charge in [-0.05, 0) is 11.1 Å². The predicted molar refractivity (Wildman–Crippen MR) is 127 cm³/mol. The van der Waals surface area contributed by atoms with Crippen molar-refractivity contribution in [3.05, 3.63) is 127 Å². The first-order valence-electron chi connectivity index (χ1n) is 10.1. The van der Waals surface area contributed by atoms with Crippen molar-refractivity contribution in [3.63, 3.8) is 0 Å². The molecule has 2 aromatic heterocycles. The number of hydrogen-bond acceptors (Lipinski definition) is 7. The van der Waals surface area contributed by atoms with Crippen LogP contribution in [-0.2, 0) is 13.2 Å². The number of aromatic nitrogens is 2. The smallest absolute Gasteiger partial charge is 0.332 e. The van der Waals surface area contributed by atoms with Gasteiger partial charge in [-0.2, -0.15) is 0 Å². The number of nitro groups is 1. The Labute approximate surface area is 193 Å². The minimum Gasteiger partial charge on any atom is -0.474 e. The Morgan fingerprint density at radius 2 is 1.24 bits per heavy atom. The highest BCUT2D eigenvalue weighted by molar-refractivity contribution is 5.36. The van der Waals surface area contributed by atoms with Gasteiger partial charge >= 0.3 is 5.69 Å². The molecule has 0 aliphatic heterocycles. The number of benzene rings is 2. The molecule has 0 aliphatic carbocycles. The number of ether oxygens (including phenoxy) is 2. The van der Waals surface area contributed by atoms with Crippen molar-refractivity contribution >= 4 is 11.4 Å². The molecular formula is C24H22N4O6. The van der Waals surface area contributed by atoms with E-state index in [1.807, 2.05) is 60.7 Å². The third kappa shape index (κ3) is 7.09. The second-order valence-corrected chi connectivity index (χ2v) is 6.97. The van der Waals surface area contributed by atoms with E-state index in [-0.39, 0.29) is 23.6 Å². The van der Waals surface area contributed by atoms with Gasteiger partial charge in [-0.25, -0.2) is 0 Å². The Morgan fingerprint density at radius 3 is 1.68 bits per heavy atom. The van der Waals surface area contributed by atoms with Crippen molar-refractivity contribution in [2.45, 2.75) is 13.2 Å². The van der Waals surface area contributed by atoms with Crippen LogP contribution in [0.5, 0.6) is 11.8 Å². The van der Waals surface area contributed by atoms with Crippen LogP contribution in [-0.4, -0.2) is 14.9 Å². The summed E-state index contributed by atoms with van der Waals surface area (Å²) in [7, 11) is 0. The number of rotatable bonds is 7. The standard InChI is InChI=1S/C12H10N2O4.C12H12N2O2/c15-11-6-12(13-7-10(11)14(16)17)18-8-9-4-2-1-3-5-9;13-10-7-14-12(6-11(10)15)16-8-9-4-2-1-3-5-9/h1-7H,8H2,(H,13,15);1-7H,8,13H2,(H,14,15). The average Bonchev–Trinajstić information content (AvgIpc) is 2.85. The van der Waals surface area contributed by atoms with Crippen LogP contribution in [0.2, 0.25) is 0 Å². The van der Waals surface area contributed by atoms with Gasteiger partial charge < -0.3 is 25.2 Å². The van der Waals surface area contributed by atoms with Gasteiger partial charge in [-0.3, -0.25) is 19.7 Å². The molecule has 4 rings (SSSR count). The van der Waals surface area contributed by atoms with Gasteiger partial charge in [-0.1, -0.05) is 60.7 Å². The normalized spacial score (nSPS) is 10.0.